The quantitative estimate of drug-likeness (QED) is 0.187. The molecule has 0 N–H and O–H groups in total. The van der Waals surface area contributed by atoms with E-state index >= 15 is 0 Å². The summed E-state index contributed by atoms with van der Waals surface area (Å²) < 4.78 is 6.67. The van der Waals surface area contributed by atoms with Crippen LogP contribution in [0.5, 0.6) is 0 Å². The molecule has 0 bridgehead atoms. The van der Waals surface area contributed by atoms with Crippen molar-refractivity contribution in [1.29, 1.82) is 0 Å². The first-order valence-electron chi connectivity index (χ1n) is 16.4. The highest BCUT2D eigenvalue weighted by molar-refractivity contribution is 6.26. The topological polar surface area (TPSA) is 16.4 Å². The molecule has 1 aliphatic carbocycles. The fraction of sp³-hybridized carbons (Fsp3) is 0.0667. The van der Waals surface area contributed by atoms with Gasteiger partial charge in [0.1, 0.15) is 5.58 Å². The van der Waals surface area contributed by atoms with E-state index in [0.717, 1.165) is 39.0 Å². The molecular weight excluding hydrogens is 571 g/mol. The van der Waals surface area contributed by atoms with Crippen LogP contribution in [-0.2, 0) is 5.41 Å². The third-order valence-electron chi connectivity index (χ3n) is 10.4. The Morgan fingerprint density at radius 2 is 0.979 bits per heavy atom. The summed E-state index contributed by atoms with van der Waals surface area (Å²) in [5, 5.41) is 9.85. The number of benzene rings is 8. The van der Waals surface area contributed by atoms with Gasteiger partial charge in [0.15, 0.2) is 5.58 Å². The van der Waals surface area contributed by atoms with Crippen LogP contribution in [0, 0.1) is 0 Å². The van der Waals surface area contributed by atoms with Gasteiger partial charge in [-0.15, -0.1) is 0 Å². The van der Waals surface area contributed by atoms with Gasteiger partial charge in [-0.25, -0.2) is 0 Å². The molecule has 1 aromatic heterocycles. The summed E-state index contributed by atoms with van der Waals surface area (Å²) in [6, 6.07) is 55.2. The van der Waals surface area contributed by atoms with E-state index in [1.807, 2.05) is 6.07 Å². The van der Waals surface area contributed by atoms with Crippen LogP contribution in [0.1, 0.15) is 25.0 Å². The standard InChI is InChI=1S/C45H31NO/c1-45(2)40-19-9-7-16-35(40)36-25-23-29(27-41(36)45)46(42-20-11-18-38-37-17-8-10-21-43(37)47-44(38)42)28-22-24-34-32-14-4-3-12-30(32)31-13-5-6-15-33(31)39(34)26-28/h3-27H,1-2H3. The molecule has 0 saturated carbocycles. The zero-order chi connectivity index (χ0) is 31.3. The maximum Gasteiger partial charge on any atom is 0.159 e. The Labute approximate surface area is 273 Å². The van der Waals surface area contributed by atoms with Gasteiger partial charge >= 0.3 is 0 Å². The second-order valence-corrected chi connectivity index (χ2v) is 13.3. The van der Waals surface area contributed by atoms with Crippen LogP contribution in [0.15, 0.2) is 156 Å². The average Bonchev–Trinajstić information content (AvgIpc) is 3.61. The number of anilines is 3. The van der Waals surface area contributed by atoms with Crippen LogP contribution in [0.2, 0.25) is 0 Å². The first-order chi connectivity index (χ1) is 23.1. The minimum absolute atomic E-state index is 0.114. The van der Waals surface area contributed by atoms with Crippen molar-refractivity contribution < 1.29 is 4.42 Å². The molecular formula is C45H31NO. The number of furan rings is 1. The number of para-hydroxylation sites is 2. The molecule has 1 aliphatic rings. The molecule has 0 saturated heterocycles. The molecule has 2 heteroatoms. The normalized spacial score (nSPS) is 13.5. The Kier molecular flexibility index (Phi) is 5.37. The zero-order valence-corrected chi connectivity index (χ0v) is 26.3. The van der Waals surface area contributed by atoms with Crippen molar-refractivity contribution in [2.45, 2.75) is 19.3 Å². The highest BCUT2D eigenvalue weighted by Gasteiger charge is 2.36. The Hall–Kier alpha value is -5.86. The third-order valence-corrected chi connectivity index (χ3v) is 10.4. The van der Waals surface area contributed by atoms with Crippen LogP contribution in [-0.4, -0.2) is 0 Å². The molecule has 0 radical (unpaired) electrons. The molecule has 2 nitrogen and oxygen atoms in total. The summed E-state index contributed by atoms with van der Waals surface area (Å²) >= 11 is 0. The SMILES string of the molecule is CC1(C)c2ccccc2-c2ccc(N(c3ccc4c5ccccc5c5ccccc5c4c3)c3cccc4c3oc3ccccc34)cc21. The summed E-state index contributed by atoms with van der Waals surface area (Å²) in [7, 11) is 0. The van der Waals surface area contributed by atoms with E-state index in [0.29, 0.717) is 0 Å². The molecule has 0 amide bonds. The minimum Gasteiger partial charge on any atom is -0.454 e. The minimum atomic E-state index is -0.114. The average molecular weight is 602 g/mol. The van der Waals surface area contributed by atoms with Gasteiger partial charge in [-0.1, -0.05) is 129 Å². The van der Waals surface area contributed by atoms with Crippen molar-refractivity contribution in [1.82, 2.24) is 0 Å². The summed E-state index contributed by atoms with van der Waals surface area (Å²) in [5.74, 6) is 0. The molecule has 47 heavy (non-hydrogen) atoms. The molecule has 10 rings (SSSR count). The van der Waals surface area contributed by atoms with Crippen molar-refractivity contribution in [2.75, 3.05) is 4.90 Å². The molecule has 1 heterocycles. The van der Waals surface area contributed by atoms with Crippen molar-refractivity contribution in [2.24, 2.45) is 0 Å². The van der Waals surface area contributed by atoms with E-state index in [1.54, 1.807) is 0 Å². The summed E-state index contributed by atoms with van der Waals surface area (Å²) in [5.41, 5.74) is 10.3. The van der Waals surface area contributed by atoms with Crippen molar-refractivity contribution in [3.8, 4) is 11.1 Å². The van der Waals surface area contributed by atoms with E-state index in [2.05, 4.69) is 164 Å². The fourth-order valence-electron chi connectivity index (χ4n) is 8.20. The Morgan fingerprint density at radius 3 is 1.74 bits per heavy atom. The smallest absolute Gasteiger partial charge is 0.159 e. The van der Waals surface area contributed by atoms with Crippen LogP contribution in [0.4, 0.5) is 17.1 Å². The molecule has 0 unspecified atom stereocenters. The predicted octanol–water partition coefficient (Wildman–Crippen LogP) is 12.8. The van der Waals surface area contributed by atoms with Crippen LogP contribution in [0.3, 0.4) is 0 Å². The first kappa shape index (κ1) is 26.4. The monoisotopic (exact) mass is 601 g/mol. The van der Waals surface area contributed by atoms with E-state index in [4.69, 9.17) is 4.42 Å². The second-order valence-electron chi connectivity index (χ2n) is 13.3. The van der Waals surface area contributed by atoms with Gasteiger partial charge in [0.25, 0.3) is 0 Å². The number of nitrogens with zero attached hydrogens (tertiary/aromatic N) is 1. The molecule has 8 aromatic carbocycles. The molecule has 0 spiro atoms. The highest BCUT2D eigenvalue weighted by Crippen LogP contribution is 2.51. The number of hydrogen-bond acceptors (Lipinski definition) is 2. The van der Waals surface area contributed by atoms with Gasteiger partial charge in [0.05, 0.1) is 5.69 Å². The lowest BCUT2D eigenvalue weighted by Gasteiger charge is -2.28. The number of fused-ring (bicyclic) bond motifs is 12. The fourth-order valence-corrected chi connectivity index (χ4v) is 8.20. The van der Waals surface area contributed by atoms with Crippen LogP contribution in [0.25, 0.3) is 65.4 Å². The Morgan fingerprint density at radius 1 is 0.426 bits per heavy atom. The predicted molar refractivity (Wildman–Crippen MR) is 198 cm³/mol. The molecule has 0 fully saturated rings. The molecule has 0 atom stereocenters. The van der Waals surface area contributed by atoms with Gasteiger partial charge in [0, 0.05) is 27.6 Å². The highest BCUT2D eigenvalue weighted by atomic mass is 16.3. The van der Waals surface area contributed by atoms with E-state index < -0.39 is 0 Å². The lowest BCUT2D eigenvalue weighted by Crippen LogP contribution is -2.16. The van der Waals surface area contributed by atoms with Crippen LogP contribution >= 0.6 is 0 Å². The summed E-state index contributed by atoms with van der Waals surface area (Å²) in [4.78, 5) is 2.40. The Bertz CT molecular complexity index is 2690. The van der Waals surface area contributed by atoms with Gasteiger partial charge in [-0.05, 0) is 91.0 Å². The lowest BCUT2D eigenvalue weighted by molar-refractivity contribution is 0.660. The molecule has 9 aromatic rings. The van der Waals surface area contributed by atoms with E-state index in [1.165, 1.54) is 54.6 Å². The van der Waals surface area contributed by atoms with Gasteiger partial charge < -0.3 is 9.32 Å². The van der Waals surface area contributed by atoms with Gasteiger partial charge in [0.2, 0.25) is 0 Å². The summed E-state index contributed by atoms with van der Waals surface area (Å²) in [6.45, 7) is 4.69. The molecule has 222 valence electrons. The molecule has 0 aliphatic heterocycles. The number of hydrogen-bond donors (Lipinski definition) is 0. The first-order valence-corrected chi connectivity index (χ1v) is 16.4. The Balaban J connectivity index is 1.28. The number of rotatable bonds is 3. The van der Waals surface area contributed by atoms with Crippen molar-refractivity contribution in [3.63, 3.8) is 0 Å². The van der Waals surface area contributed by atoms with Crippen molar-refractivity contribution >= 4 is 71.3 Å². The largest absolute Gasteiger partial charge is 0.454 e. The van der Waals surface area contributed by atoms with E-state index in [9.17, 15) is 0 Å². The maximum atomic E-state index is 6.67. The van der Waals surface area contributed by atoms with Crippen molar-refractivity contribution in [3.05, 3.63) is 163 Å². The second kappa shape index (κ2) is 9.57. The maximum absolute atomic E-state index is 6.67. The van der Waals surface area contributed by atoms with Gasteiger partial charge in [-0.2, -0.15) is 0 Å². The van der Waals surface area contributed by atoms with Crippen LogP contribution < -0.4 is 4.90 Å². The third kappa shape index (κ3) is 3.67. The lowest BCUT2D eigenvalue weighted by atomic mass is 9.82. The summed E-state index contributed by atoms with van der Waals surface area (Å²) in [6.07, 6.45) is 0. The zero-order valence-electron chi connectivity index (χ0n) is 26.3. The van der Waals surface area contributed by atoms with Gasteiger partial charge in [-0.3, -0.25) is 0 Å². The van der Waals surface area contributed by atoms with E-state index in [-0.39, 0.29) is 5.41 Å².